The molecule has 0 aliphatic carbocycles. The molecule has 1 rings (SSSR count). The van der Waals surface area contributed by atoms with Gasteiger partial charge in [-0.15, -0.1) is 0 Å². The van der Waals surface area contributed by atoms with E-state index in [1.165, 1.54) is 18.2 Å². The molecule has 0 radical (unpaired) electrons. The van der Waals surface area contributed by atoms with E-state index in [2.05, 4.69) is 4.72 Å². The molecule has 6 heteroatoms. The number of hydrogen-bond acceptors (Lipinski definition) is 3. The topological polar surface area (TPSA) is 69.2 Å². The van der Waals surface area contributed by atoms with Gasteiger partial charge >= 0.3 is 0 Å². The molecule has 0 saturated heterocycles. The molecule has 4 nitrogen and oxygen atoms in total. The van der Waals surface area contributed by atoms with Gasteiger partial charge in [0.1, 0.15) is 6.29 Å². The lowest BCUT2D eigenvalue weighted by Gasteiger charge is -2.10. The highest BCUT2D eigenvalue weighted by molar-refractivity contribution is 7.80. The molecule has 0 saturated carbocycles. The van der Waals surface area contributed by atoms with Crippen molar-refractivity contribution in [2.45, 2.75) is 0 Å². The van der Waals surface area contributed by atoms with Crippen LogP contribution in [0, 0.1) is 0 Å². The van der Waals surface area contributed by atoms with Gasteiger partial charge in [-0.2, -0.15) is 0 Å². The molecule has 0 aliphatic rings. The van der Waals surface area contributed by atoms with Gasteiger partial charge in [0.2, 0.25) is 0 Å². The van der Waals surface area contributed by atoms with E-state index in [0.29, 0.717) is 11.8 Å². The van der Waals surface area contributed by atoms with Crippen molar-refractivity contribution in [3.05, 3.63) is 28.8 Å². The summed E-state index contributed by atoms with van der Waals surface area (Å²) in [4.78, 5) is 10.3. The Morgan fingerprint density at radius 2 is 2.23 bits per heavy atom. The van der Waals surface area contributed by atoms with E-state index in [-0.39, 0.29) is 10.7 Å². The molecule has 0 bridgehead atoms. The molecule has 0 spiro atoms. The van der Waals surface area contributed by atoms with Gasteiger partial charge in [-0.3, -0.25) is 9.00 Å². The van der Waals surface area contributed by atoms with Gasteiger partial charge in [0, 0.05) is 16.8 Å². The van der Waals surface area contributed by atoms with Crippen LogP contribution in [0.3, 0.4) is 0 Å². The Hall–Kier alpha value is -0.910. The van der Waals surface area contributed by atoms with Crippen molar-refractivity contribution < 1.29 is 13.6 Å². The van der Waals surface area contributed by atoms with Crippen molar-refractivity contribution in [2.75, 3.05) is 4.72 Å². The Morgan fingerprint density at radius 3 is 2.77 bits per heavy atom. The number of nitrogens with one attached hydrogen (secondary N) is 1. The van der Waals surface area contributed by atoms with Crippen LogP contribution < -0.4 is 4.72 Å². The molecular weight excluding hydrogens is 214 g/mol. The minimum Gasteiger partial charge on any atom is -0.755 e. The van der Waals surface area contributed by atoms with Crippen molar-refractivity contribution in [3.63, 3.8) is 0 Å². The van der Waals surface area contributed by atoms with E-state index in [9.17, 15) is 13.6 Å². The van der Waals surface area contributed by atoms with Crippen molar-refractivity contribution >= 4 is 34.8 Å². The molecule has 1 unspecified atom stereocenters. The van der Waals surface area contributed by atoms with Crippen LogP contribution in [0.15, 0.2) is 18.2 Å². The molecule has 0 aromatic heterocycles. The fraction of sp³-hybridized carbons (Fsp3) is 0. The number of aldehydes is 1. The smallest absolute Gasteiger partial charge is 0.150 e. The SMILES string of the molecule is O=Cc1ccc(Cl)c(NS(=O)[O-])c1. The first-order valence-electron chi connectivity index (χ1n) is 3.24. The van der Waals surface area contributed by atoms with Crippen molar-refractivity contribution in [3.8, 4) is 0 Å². The molecule has 1 atom stereocenters. The highest BCUT2D eigenvalue weighted by Crippen LogP contribution is 2.22. The van der Waals surface area contributed by atoms with Crippen LogP contribution in [0.2, 0.25) is 5.02 Å². The maximum absolute atomic E-state index is 10.3. The lowest BCUT2D eigenvalue weighted by Crippen LogP contribution is -2.03. The summed E-state index contributed by atoms with van der Waals surface area (Å²) < 4.78 is 22.6. The monoisotopic (exact) mass is 218 g/mol. The third-order valence-corrected chi connectivity index (χ3v) is 2.04. The van der Waals surface area contributed by atoms with Crippen molar-refractivity contribution in [1.82, 2.24) is 0 Å². The summed E-state index contributed by atoms with van der Waals surface area (Å²) >= 11 is 3.21. The van der Waals surface area contributed by atoms with E-state index >= 15 is 0 Å². The van der Waals surface area contributed by atoms with E-state index in [4.69, 9.17) is 11.6 Å². The van der Waals surface area contributed by atoms with Crippen molar-refractivity contribution in [2.24, 2.45) is 0 Å². The standard InChI is InChI=1S/C7H6ClNO3S/c8-6-2-1-5(4-10)3-7(6)9-13(11)12/h1-4,9H,(H,11,12)/p-1. The van der Waals surface area contributed by atoms with Gasteiger partial charge in [-0.1, -0.05) is 17.7 Å². The van der Waals surface area contributed by atoms with Crippen LogP contribution >= 0.6 is 11.6 Å². The summed E-state index contributed by atoms with van der Waals surface area (Å²) in [5.74, 6) is 0. The van der Waals surface area contributed by atoms with Crippen LogP contribution in [0.1, 0.15) is 10.4 Å². The summed E-state index contributed by atoms with van der Waals surface area (Å²) in [6, 6.07) is 4.29. The molecule has 0 heterocycles. The maximum atomic E-state index is 10.3. The average molecular weight is 219 g/mol. The first kappa shape index (κ1) is 10.2. The third-order valence-electron chi connectivity index (χ3n) is 1.32. The number of hydrogen-bond donors (Lipinski definition) is 1. The molecule has 0 aliphatic heterocycles. The second kappa shape index (κ2) is 4.36. The van der Waals surface area contributed by atoms with Crippen LogP contribution in [0.4, 0.5) is 5.69 Å². The number of rotatable bonds is 3. The predicted octanol–water partition coefficient (Wildman–Crippen LogP) is 1.36. The number of carbonyl (C=O) groups is 1. The van der Waals surface area contributed by atoms with Gasteiger partial charge in [0.05, 0.1) is 10.7 Å². The minimum atomic E-state index is -2.44. The first-order valence-corrected chi connectivity index (χ1v) is 4.69. The largest absolute Gasteiger partial charge is 0.755 e. The Labute approximate surface area is 82.3 Å². The summed E-state index contributed by atoms with van der Waals surface area (Å²) in [6.07, 6.45) is 0.606. The second-order valence-corrected chi connectivity index (χ2v) is 3.27. The molecule has 0 fully saturated rings. The lowest BCUT2D eigenvalue weighted by molar-refractivity contribution is 0.112. The molecule has 0 amide bonds. The average Bonchev–Trinajstić information content (AvgIpc) is 2.08. The minimum absolute atomic E-state index is 0.194. The fourth-order valence-electron chi connectivity index (χ4n) is 0.784. The lowest BCUT2D eigenvalue weighted by atomic mass is 10.2. The Bertz CT molecular complexity index is 356. The molecule has 1 aromatic carbocycles. The molecule has 70 valence electrons. The van der Waals surface area contributed by atoms with Crippen molar-refractivity contribution in [1.29, 1.82) is 0 Å². The summed E-state index contributed by atoms with van der Waals surface area (Å²) in [6.45, 7) is 0. The maximum Gasteiger partial charge on any atom is 0.150 e. The summed E-state index contributed by atoms with van der Waals surface area (Å²) in [7, 11) is 0. The summed E-state index contributed by atoms with van der Waals surface area (Å²) in [5.41, 5.74) is 0.553. The third kappa shape index (κ3) is 2.80. The Balaban J connectivity index is 3.03. The zero-order valence-corrected chi connectivity index (χ0v) is 7.89. The zero-order chi connectivity index (χ0) is 9.84. The van der Waals surface area contributed by atoms with Gasteiger partial charge in [0.25, 0.3) is 0 Å². The first-order chi connectivity index (χ1) is 6.13. The quantitative estimate of drug-likeness (QED) is 0.615. The van der Waals surface area contributed by atoms with Gasteiger partial charge in [-0.05, 0) is 12.1 Å². The number of carbonyl (C=O) groups excluding carboxylic acids is 1. The molecule has 13 heavy (non-hydrogen) atoms. The van der Waals surface area contributed by atoms with Crippen LogP contribution in [-0.2, 0) is 11.3 Å². The van der Waals surface area contributed by atoms with Crippen LogP contribution in [0.5, 0.6) is 0 Å². The normalized spacial score (nSPS) is 12.2. The van der Waals surface area contributed by atoms with E-state index in [0.717, 1.165) is 0 Å². The van der Waals surface area contributed by atoms with E-state index < -0.39 is 11.3 Å². The van der Waals surface area contributed by atoms with Gasteiger partial charge in [-0.25, -0.2) is 0 Å². The summed E-state index contributed by atoms with van der Waals surface area (Å²) in [5, 5.41) is 0.245. The highest BCUT2D eigenvalue weighted by atomic mass is 35.5. The Morgan fingerprint density at radius 1 is 1.54 bits per heavy atom. The van der Waals surface area contributed by atoms with Gasteiger partial charge in [0.15, 0.2) is 0 Å². The number of halogens is 1. The molecule has 1 aromatic rings. The second-order valence-electron chi connectivity index (χ2n) is 2.19. The fourth-order valence-corrected chi connectivity index (χ4v) is 1.35. The number of benzene rings is 1. The van der Waals surface area contributed by atoms with Crippen LogP contribution in [0.25, 0.3) is 0 Å². The number of anilines is 1. The Kier molecular flexibility index (Phi) is 3.41. The van der Waals surface area contributed by atoms with E-state index in [1.54, 1.807) is 0 Å². The highest BCUT2D eigenvalue weighted by Gasteiger charge is 2.00. The zero-order valence-electron chi connectivity index (χ0n) is 6.32. The molecule has 1 N–H and O–H groups in total. The van der Waals surface area contributed by atoms with Gasteiger partial charge < -0.3 is 9.27 Å². The molecular formula is C7H5ClNO3S-. The van der Waals surface area contributed by atoms with E-state index in [1.807, 2.05) is 0 Å². The predicted molar refractivity (Wildman–Crippen MR) is 49.4 cm³/mol. The van der Waals surface area contributed by atoms with Crippen LogP contribution in [-0.4, -0.2) is 15.0 Å².